The molecule has 0 unspecified atom stereocenters. The maximum Gasteiger partial charge on any atom is -0.0276 e. The summed E-state index contributed by atoms with van der Waals surface area (Å²) in [6.07, 6.45) is 11.5. The molecule has 0 aromatic heterocycles. The quantitative estimate of drug-likeness (QED) is 0.261. The first kappa shape index (κ1) is 45.6. The molecular formula is C38H68. The molecule has 0 fully saturated rings. The molecule has 0 aliphatic heterocycles. The molecule has 3 rings (SSSR count). The molecular weight excluding hydrogens is 456 g/mol. The van der Waals surface area contributed by atoms with Crippen LogP contribution in [0.3, 0.4) is 0 Å². The second-order valence-electron chi connectivity index (χ2n) is 7.77. The highest BCUT2D eigenvalue weighted by Gasteiger charge is 1.93. The zero-order valence-corrected chi connectivity index (χ0v) is 25.5. The first-order chi connectivity index (χ1) is 17.8. The third kappa shape index (κ3) is 31.7. The van der Waals surface area contributed by atoms with Gasteiger partial charge in [-0.05, 0) is 48.8 Å². The van der Waals surface area contributed by atoms with Crippen molar-refractivity contribution in [1.29, 1.82) is 0 Å². The lowest BCUT2D eigenvalue weighted by atomic mass is 10.0. The van der Waals surface area contributed by atoms with Crippen molar-refractivity contribution in [3.8, 4) is 0 Å². The average Bonchev–Trinajstić information content (AvgIpc) is 2.98. The van der Waals surface area contributed by atoms with E-state index in [4.69, 9.17) is 0 Å². The fraction of sp³-hybridized carbons (Fsp3) is 0.526. The molecule has 3 aromatic carbocycles. The summed E-state index contributed by atoms with van der Waals surface area (Å²) in [5, 5.41) is 0. The molecule has 0 amide bonds. The van der Waals surface area contributed by atoms with Crippen molar-refractivity contribution >= 4 is 0 Å². The van der Waals surface area contributed by atoms with E-state index in [1.54, 1.807) is 0 Å². The van der Waals surface area contributed by atoms with E-state index in [1.807, 2.05) is 41.5 Å². The van der Waals surface area contributed by atoms with Gasteiger partial charge >= 0.3 is 0 Å². The van der Waals surface area contributed by atoms with Crippen LogP contribution in [0.5, 0.6) is 0 Å². The van der Waals surface area contributed by atoms with E-state index in [9.17, 15) is 0 Å². The van der Waals surface area contributed by atoms with E-state index in [1.165, 1.54) is 74.5 Å². The van der Waals surface area contributed by atoms with Gasteiger partial charge in [0, 0.05) is 0 Å². The lowest BCUT2D eigenvalue weighted by molar-refractivity contribution is 0.772. The van der Waals surface area contributed by atoms with Gasteiger partial charge in [0.25, 0.3) is 0 Å². The zero-order chi connectivity index (χ0) is 27.7. The van der Waals surface area contributed by atoms with Gasteiger partial charge in [0.15, 0.2) is 0 Å². The van der Waals surface area contributed by atoms with Crippen LogP contribution in [0, 0.1) is 0 Å². The topological polar surface area (TPSA) is 0 Å². The van der Waals surface area contributed by atoms with Crippen LogP contribution in [-0.2, 0) is 19.3 Å². The Bertz CT molecular complexity index is 659. The van der Waals surface area contributed by atoms with E-state index in [0.717, 1.165) is 0 Å². The second-order valence-corrected chi connectivity index (χ2v) is 7.77. The van der Waals surface area contributed by atoms with Crippen LogP contribution in [0.25, 0.3) is 0 Å². The van der Waals surface area contributed by atoms with Gasteiger partial charge in [0.2, 0.25) is 0 Å². The molecule has 0 atom stereocenters. The summed E-state index contributed by atoms with van der Waals surface area (Å²) in [6.45, 7) is 18.6. The number of benzene rings is 3. The molecule has 0 saturated heterocycles. The summed E-state index contributed by atoms with van der Waals surface area (Å²) >= 11 is 0. The molecule has 3 aromatic rings. The monoisotopic (exact) mass is 525 g/mol. The molecule has 0 heterocycles. The predicted molar refractivity (Wildman–Crippen MR) is 183 cm³/mol. The normalized spacial score (nSPS) is 8.13. The number of hydrogen-bond acceptors (Lipinski definition) is 0. The van der Waals surface area contributed by atoms with Crippen LogP contribution in [0.4, 0.5) is 0 Å². The van der Waals surface area contributed by atoms with Crippen LogP contribution in [-0.4, -0.2) is 0 Å². The Morgan fingerprint density at radius 3 is 0.789 bits per heavy atom. The Balaban J connectivity index is -0.000000138. The molecule has 0 saturated carbocycles. The minimum absolute atomic E-state index is 0. The highest BCUT2D eigenvalue weighted by Crippen LogP contribution is 2.07. The van der Waals surface area contributed by atoms with Crippen molar-refractivity contribution in [3.05, 3.63) is 108 Å². The van der Waals surface area contributed by atoms with Gasteiger partial charge in [-0.3, -0.25) is 0 Å². The average molecular weight is 525 g/mol. The highest BCUT2D eigenvalue weighted by molar-refractivity contribution is 5.17. The van der Waals surface area contributed by atoms with Crippen LogP contribution in [0.1, 0.15) is 132 Å². The van der Waals surface area contributed by atoms with Gasteiger partial charge in [-0.15, -0.1) is 0 Å². The van der Waals surface area contributed by atoms with Crippen LogP contribution >= 0.6 is 0 Å². The van der Waals surface area contributed by atoms with Gasteiger partial charge in [0.1, 0.15) is 0 Å². The fourth-order valence-electron chi connectivity index (χ4n) is 3.17. The summed E-state index contributed by atoms with van der Waals surface area (Å²) in [7, 11) is 0. The van der Waals surface area contributed by atoms with Gasteiger partial charge < -0.3 is 0 Å². The zero-order valence-electron chi connectivity index (χ0n) is 25.5. The molecule has 0 N–H and O–H groups in total. The molecule has 0 aliphatic carbocycles. The van der Waals surface area contributed by atoms with Crippen LogP contribution in [0.2, 0.25) is 0 Å². The van der Waals surface area contributed by atoms with E-state index in [-0.39, 0.29) is 14.9 Å². The van der Waals surface area contributed by atoms with Gasteiger partial charge in [-0.25, -0.2) is 0 Å². The summed E-state index contributed by atoms with van der Waals surface area (Å²) in [6, 6.07) is 32.0. The summed E-state index contributed by atoms with van der Waals surface area (Å²) in [5.74, 6) is 0. The molecule has 38 heavy (non-hydrogen) atoms. The summed E-state index contributed by atoms with van der Waals surface area (Å²) in [4.78, 5) is 0. The Hall–Kier alpha value is -2.34. The van der Waals surface area contributed by atoms with E-state index < -0.39 is 0 Å². The molecule has 0 heteroatoms. The molecule has 220 valence electrons. The second kappa shape index (κ2) is 41.8. The standard InChI is InChI=1S/C15H16.C10H14.C5H12.3C2H6.2CH4/c1-3-8-14(9-4-1)12-7-13-15-10-5-2-6-11-15;1-2-3-7-10-8-5-4-6-9-10;1-3-5-4-2;3*1-2;;/h1-6,8-11H,7,12-13H2;4-6,8-9H,2-3,7H2,1H3;3-5H2,1-2H3;3*1-2H3;2*1H4. The van der Waals surface area contributed by atoms with E-state index in [0.29, 0.717) is 0 Å². The van der Waals surface area contributed by atoms with Gasteiger partial charge in [-0.2, -0.15) is 0 Å². The Labute approximate surface area is 242 Å². The lowest BCUT2D eigenvalue weighted by Gasteiger charge is -2.01. The number of aryl methyl sites for hydroxylation is 3. The van der Waals surface area contributed by atoms with E-state index in [2.05, 4.69) is 112 Å². The third-order valence-electron chi connectivity index (χ3n) is 4.99. The summed E-state index contributed by atoms with van der Waals surface area (Å²) in [5.41, 5.74) is 4.34. The molecule has 0 aliphatic rings. The number of rotatable bonds is 9. The van der Waals surface area contributed by atoms with Crippen molar-refractivity contribution < 1.29 is 0 Å². The largest absolute Gasteiger partial charge is 0.0776 e. The number of unbranched alkanes of at least 4 members (excludes halogenated alkanes) is 3. The highest BCUT2D eigenvalue weighted by atomic mass is 14.0. The van der Waals surface area contributed by atoms with Crippen molar-refractivity contribution in [2.24, 2.45) is 0 Å². The minimum Gasteiger partial charge on any atom is -0.0776 e. The van der Waals surface area contributed by atoms with Crippen molar-refractivity contribution in [2.75, 3.05) is 0 Å². The van der Waals surface area contributed by atoms with Gasteiger partial charge in [0.05, 0.1) is 0 Å². The SMILES string of the molecule is C.C.CC.CC.CC.CCCCC.CCCCc1ccccc1.c1ccc(CCCc2ccccc2)cc1. The maximum atomic E-state index is 2.23. The lowest BCUT2D eigenvalue weighted by Crippen LogP contribution is -1.89. The Morgan fingerprint density at radius 1 is 0.342 bits per heavy atom. The maximum absolute atomic E-state index is 2.23. The van der Waals surface area contributed by atoms with Crippen LogP contribution in [0.15, 0.2) is 91.0 Å². The molecule has 0 spiro atoms. The Kier molecular flexibility index (Phi) is 50.1. The third-order valence-corrected chi connectivity index (χ3v) is 4.99. The smallest absolute Gasteiger partial charge is 0.0276 e. The van der Waals surface area contributed by atoms with Crippen molar-refractivity contribution in [1.82, 2.24) is 0 Å². The number of hydrogen-bond donors (Lipinski definition) is 0. The molecule has 0 bridgehead atoms. The fourth-order valence-corrected chi connectivity index (χ4v) is 3.17. The minimum atomic E-state index is 0. The van der Waals surface area contributed by atoms with E-state index >= 15 is 0 Å². The Morgan fingerprint density at radius 2 is 0.579 bits per heavy atom. The van der Waals surface area contributed by atoms with Crippen molar-refractivity contribution in [2.45, 2.75) is 135 Å². The summed E-state index contributed by atoms with van der Waals surface area (Å²) < 4.78 is 0. The first-order valence-corrected chi connectivity index (χ1v) is 14.9. The predicted octanol–water partition coefficient (Wildman–Crippen LogP) is 13.4. The van der Waals surface area contributed by atoms with Crippen molar-refractivity contribution in [3.63, 3.8) is 0 Å². The van der Waals surface area contributed by atoms with Crippen LogP contribution < -0.4 is 0 Å². The van der Waals surface area contributed by atoms with Gasteiger partial charge in [-0.1, -0.05) is 194 Å². The molecule has 0 radical (unpaired) electrons. The molecule has 0 nitrogen and oxygen atoms in total. The first-order valence-electron chi connectivity index (χ1n) is 14.9.